The number of aliphatic hydroxyl groups is 1. The maximum absolute atomic E-state index is 11.3. The summed E-state index contributed by atoms with van der Waals surface area (Å²) in [4.78, 5) is 0. The second kappa shape index (κ2) is 7.79. The van der Waals surface area contributed by atoms with E-state index in [9.17, 15) is 5.11 Å². The lowest BCUT2D eigenvalue weighted by Gasteiger charge is -2.25. The molecule has 0 saturated carbocycles. The molecule has 0 bridgehead atoms. The third-order valence-electron chi connectivity index (χ3n) is 4.53. The number of hydrogen-bond donors (Lipinski definition) is 2. The Balaban J connectivity index is 2.12. The van der Waals surface area contributed by atoms with Crippen LogP contribution < -0.4 is 10.1 Å². The van der Waals surface area contributed by atoms with Crippen molar-refractivity contribution in [2.24, 2.45) is 5.41 Å². The number of nitrogens with one attached hydrogen (secondary N) is 1. The smallest absolute Gasteiger partial charge is 0.143 e. The molecule has 1 atom stereocenters. The zero-order valence-corrected chi connectivity index (χ0v) is 17.0. The molecule has 3 aromatic rings. The van der Waals surface area contributed by atoms with E-state index in [0.29, 0.717) is 16.3 Å². The van der Waals surface area contributed by atoms with E-state index in [1.54, 1.807) is 13.2 Å². The van der Waals surface area contributed by atoms with Gasteiger partial charge in [-0.3, -0.25) is 0 Å². The number of methoxy groups -OCH3 is 1. The van der Waals surface area contributed by atoms with Crippen LogP contribution in [0.3, 0.4) is 0 Å². The maximum atomic E-state index is 11.3. The Hall–Kier alpha value is -2.23. The number of halogens is 1. The number of anilines is 1. The van der Waals surface area contributed by atoms with Gasteiger partial charge < -0.3 is 15.2 Å². The van der Waals surface area contributed by atoms with Crippen molar-refractivity contribution in [2.45, 2.75) is 26.9 Å². The van der Waals surface area contributed by atoms with Gasteiger partial charge in [-0.1, -0.05) is 74.8 Å². The monoisotopic (exact) mass is 383 g/mol. The van der Waals surface area contributed by atoms with Crippen molar-refractivity contribution in [1.29, 1.82) is 0 Å². The van der Waals surface area contributed by atoms with E-state index in [-0.39, 0.29) is 5.41 Å². The van der Waals surface area contributed by atoms with Crippen LogP contribution in [0.5, 0.6) is 5.75 Å². The van der Waals surface area contributed by atoms with Crippen molar-refractivity contribution in [2.75, 3.05) is 19.0 Å². The predicted octanol–water partition coefficient (Wildman–Crippen LogP) is 6.04. The zero-order chi connectivity index (χ0) is 19.6. The van der Waals surface area contributed by atoms with Crippen LogP contribution in [-0.2, 0) is 0 Å². The molecule has 0 amide bonds. The van der Waals surface area contributed by atoms with Gasteiger partial charge >= 0.3 is 0 Å². The Bertz CT molecular complexity index is 942. The Morgan fingerprint density at radius 3 is 2.44 bits per heavy atom. The fourth-order valence-corrected chi connectivity index (χ4v) is 3.39. The SMILES string of the molecule is COc1cc(Cl)cc([C@H](O)c2cccc3ccccc23)c1NCC(C)(C)C. The normalized spacial score (nSPS) is 12.8. The highest BCUT2D eigenvalue weighted by Crippen LogP contribution is 2.40. The van der Waals surface area contributed by atoms with E-state index in [4.69, 9.17) is 16.3 Å². The van der Waals surface area contributed by atoms with Crippen molar-refractivity contribution in [1.82, 2.24) is 0 Å². The second-order valence-corrected chi connectivity index (χ2v) is 8.39. The number of rotatable bonds is 5. The third-order valence-corrected chi connectivity index (χ3v) is 4.74. The summed E-state index contributed by atoms with van der Waals surface area (Å²) in [5.74, 6) is 0.626. The van der Waals surface area contributed by atoms with Crippen LogP contribution in [0.4, 0.5) is 5.69 Å². The Morgan fingerprint density at radius 1 is 1.04 bits per heavy atom. The summed E-state index contributed by atoms with van der Waals surface area (Å²) in [6.07, 6.45) is -0.828. The number of ether oxygens (including phenoxy) is 1. The van der Waals surface area contributed by atoms with Gasteiger partial charge in [-0.25, -0.2) is 0 Å². The van der Waals surface area contributed by atoms with Crippen LogP contribution in [0.2, 0.25) is 5.02 Å². The summed E-state index contributed by atoms with van der Waals surface area (Å²) < 4.78 is 5.55. The van der Waals surface area contributed by atoms with E-state index >= 15 is 0 Å². The molecule has 3 nitrogen and oxygen atoms in total. The van der Waals surface area contributed by atoms with Gasteiger partial charge in [-0.05, 0) is 27.8 Å². The minimum Gasteiger partial charge on any atom is -0.495 e. The average molecular weight is 384 g/mol. The fraction of sp³-hybridized carbons (Fsp3) is 0.304. The van der Waals surface area contributed by atoms with E-state index in [1.165, 1.54) is 0 Å². The minimum atomic E-state index is -0.828. The number of fused-ring (bicyclic) bond motifs is 1. The molecule has 0 aliphatic heterocycles. The molecule has 0 unspecified atom stereocenters. The molecule has 27 heavy (non-hydrogen) atoms. The molecule has 0 spiro atoms. The standard InChI is InChI=1S/C23H26ClNO2/c1-23(2,3)14-25-21-19(12-16(24)13-20(21)27-4)22(26)18-11-7-9-15-8-5-6-10-17(15)18/h5-13,22,25-26H,14H2,1-4H3/t22-/m1/s1. The highest BCUT2D eigenvalue weighted by atomic mass is 35.5. The lowest BCUT2D eigenvalue weighted by Crippen LogP contribution is -2.20. The third kappa shape index (κ3) is 4.37. The molecular formula is C23H26ClNO2. The largest absolute Gasteiger partial charge is 0.495 e. The molecule has 0 aromatic heterocycles. The Morgan fingerprint density at radius 2 is 1.74 bits per heavy atom. The molecular weight excluding hydrogens is 358 g/mol. The highest BCUT2D eigenvalue weighted by Gasteiger charge is 2.22. The summed E-state index contributed by atoms with van der Waals surface area (Å²) >= 11 is 6.32. The van der Waals surface area contributed by atoms with Gasteiger partial charge in [0, 0.05) is 23.2 Å². The molecule has 0 saturated heterocycles. The Kier molecular flexibility index (Phi) is 5.64. The molecule has 4 heteroatoms. The molecule has 0 radical (unpaired) electrons. The van der Waals surface area contributed by atoms with Crippen LogP contribution in [0, 0.1) is 5.41 Å². The van der Waals surface area contributed by atoms with E-state index in [2.05, 4.69) is 26.1 Å². The van der Waals surface area contributed by atoms with Crippen molar-refractivity contribution in [3.63, 3.8) is 0 Å². The van der Waals surface area contributed by atoms with Gasteiger partial charge in [0.25, 0.3) is 0 Å². The lowest BCUT2D eigenvalue weighted by atomic mass is 9.93. The van der Waals surface area contributed by atoms with E-state index in [0.717, 1.165) is 28.6 Å². The summed E-state index contributed by atoms with van der Waals surface area (Å²) in [6.45, 7) is 7.20. The van der Waals surface area contributed by atoms with Gasteiger partial charge in [0.05, 0.1) is 12.8 Å². The van der Waals surface area contributed by atoms with Gasteiger partial charge in [-0.2, -0.15) is 0 Å². The number of benzene rings is 3. The van der Waals surface area contributed by atoms with Gasteiger partial charge in [0.15, 0.2) is 0 Å². The van der Waals surface area contributed by atoms with Crippen molar-refractivity contribution in [3.8, 4) is 5.75 Å². The second-order valence-electron chi connectivity index (χ2n) is 7.96. The first-order valence-corrected chi connectivity index (χ1v) is 9.45. The van der Waals surface area contributed by atoms with Crippen molar-refractivity contribution in [3.05, 3.63) is 70.7 Å². The van der Waals surface area contributed by atoms with E-state index in [1.807, 2.05) is 48.5 Å². The first-order chi connectivity index (χ1) is 12.8. The molecule has 0 aliphatic carbocycles. The first kappa shape index (κ1) is 19.5. The Labute approximate surface area is 165 Å². The van der Waals surface area contributed by atoms with Gasteiger partial charge in [-0.15, -0.1) is 0 Å². The molecule has 3 aromatic carbocycles. The summed E-state index contributed by atoms with van der Waals surface area (Å²) in [7, 11) is 1.61. The zero-order valence-electron chi connectivity index (χ0n) is 16.2. The fourth-order valence-electron chi connectivity index (χ4n) is 3.18. The summed E-state index contributed by atoms with van der Waals surface area (Å²) in [5.41, 5.74) is 2.40. The van der Waals surface area contributed by atoms with Crippen molar-refractivity contribution < 1.29 is 9.84 Å². The summed E-state index contributed by atoms with van der Waals surface area (Å²) in [5, 5.41) is 17.4. The number of aliphatic hydroxyl groups excluding tert-OH is 1. The maximum Gasteiger partial charge on any atom is 0.143 e. The molecule has 2 N–H and O–H groups in total. The molecule has 0 fully saturated rings. The number of hydrogen-bond acceptors (Lipinski definition) is 3. The van der Waals surface area contributed by atoms with Crippen LogP contribution in [-0.4, -0.2) is 18.8 Å². The quantitative estimate of drug-likeness (QED) is 0.564. The molecule has 0 aliphatic rings. The first-order valence-electron chi connectivity index (χ1n) is 9.07. The lowest BCUT2D eigenvalue weighted by molar-refractivity contribution is 0.222. The van der Waals surface area contributed by atoms with Gasteiger partial charge in [0.2, 0.25) is 0 Å². The molecule has 0 heterocycles. The molecule has 142 valence electrons. The molecule has 3 rings (SSSR count). The van der Waals surface area contributed by atoms with Crippen LogP contribution in [0.15, 0.2) is 54.6 Å². The highest BCUT2D eigenvalue weighted by molar-refractivity contribution is 6.31. The average Bonchev–Trinajstić information content (AvgIpc) is 2.64. The minimum absolute atomic E-state index is 0.0757. The van der Waals surface area contributed by atoms with E-state index < -0.39 is 6.10 Å². The topological polar surface area (TPSA) is 41.5 Å². The van der Waals surface area contributed by atoms with Crippen LogP contribution in [0.1, 0.15) is 38.0 Å². The van der Waals surface area contributed by atoms with Crippen LogP contribution in [0.25, 0.3) is 10.8 Å². The van der Waals surface area contributed by atoms with Crippen molar-refractivity contribution >= 4 is 28.1 Å². The van der Waals surface area contributed by atoms with Gasteiger partial charge in [0.1, 0.15) is 11.9 Å². The summed E-state index contributed by atoms with van der Waals surface area (Å²) in [6, 6.07) is 17.6. The predicted molar refractivity (Wildman–Crippen MR) is 114 cm³/mol. The van der Waals surface area contributed by atoms with Crippen LogP contribution >= 0.6 is 11.6 Å².